The lowest BCUT2D eigenvalue weighted by Crippen LogP contribution is -2.56. The first-order valence-corrected chi connectivity index (χ1v) is 14.6. The summed E-state index contributed by atoms with van der Waals surface area (Å²) in [5.74, 6) is 6.57. The highest BCUT2D eigenvalue weighted by Gasteiger charge is 2.62. The van der Waals surface area contributed by atoms with E-state index < -0.39 is 0 Å². The van der Waals surface area contributed by atoms with Crippen LogP contribution in [0.3, 0.4) is 0 Å². The van der Waals surface area contributed by atoms with E-state index in [1.54, 1.807) is 82.6 Å². The van der Waals surface area contributed by atoms with Crippen LogP contribution < -0.4 is 0 Å². The lowest BCUT2D eigenvalue weighted by molar-refractivity contribution is 0.0184. The molecule has 8 bridgehead atoms. The Hall–Kier alpha value is -0.610. The average Bonchev–Trinajstić information content (AvgIpc) is 2.70. The maximum atomic E-state index is 3.98. The standard InChI is InChI=1S/C29H39P/c1-2-20-3-5-21(6-4-20)19-30(28-13-22-7-23(14-28)9-24(8-22)15-28)29-16-25-10-26(17-29)12-27(11-25)18-29/h2-6,22-27H,1,7-19H2. The van der Waals surface area contributed by atoms with E-state index in [2.05, 4.69) is 30.8 Å². The SMILES string of the molecule is C=Cc1ccc(CP(C23CC4CC(CC(C4)C2)C3)C23CC4CC(CC(C4)C2)C3)cc1. The van der Waals surface area contributed by atoms with E-state index in [0.717, 1.165) is 45.8 Å². The van der Waals surface area contributed by atoms with E-state index in [9.17, 15) is 0 Å². The van der Waals surface area contributed by atoms with E-state index in [4.69, 9.17) is 0 Å². The van der Waals surface area contributed by atoms with Crippen molar-refractivity contribution in [2.24, 2.45) is 35.5 Å². The Bertz CT molecular complexity index is 718. The van der Waals surface area contributed by atoms with Gasteiger partial charge in [-0.2, -0.15) is 0 Å². The zero-order chi connectivity index (χ0) is 19.9. The summed E-state index contributed by atoms with van der Waals surface area (Å²) in [5.41, 5.74) is 2.94. The van der Waals surface area contributed by atoms with Crippen LogP contribution in [0, 0.1) is 35.5 Å². The molecule has 0 radical (unpaired) electrons. The number of hydrogen-bond donors (Lipinski definition) is 0. The molecular weight excluding hydrogens is 379 g/mol. The smallest absolute Gasteiger partial charge is 0.00631 e. The van der Waals surface area contributed by atoms with Crippen molar-refractivity contribution >= 4 is 14.0 Å². The molecule has 8 aliphatic rings. The Morgan fingerprint density at radius 3 is 1.37 bits per heavy atom. The lowest BCUT2D eigenvalue weighted by Gasteiger charge is -2.67. The number of rotatable bonds is 5. The van der Waals surface area contributed by atoms with Gasteiger partial charge in [0.05, 0.1) is 0 Å². The summed E-state index contributed by atoms with van der Waals surface area (Å²) in [6, 6.07) is 9.59. The molecule has 8 aliphatic carbocycles. The molecule has 0 unspecified atom stereocenters. The fourth-order valence-electron chi connectivity index (χ4n) is 10.6. The molecule has 8 saturated carbocycles. The molecular formula is C29H39P. The summed E-state index contributed by atoms with van der Waals surface area (Å²) in [6.07, 6.45) is 22.7. The van der Waals surface area contributed by atoms with Gasteiger partial charge in [-0.25, -0.2) is 0 Å². The van der Waals surface area contributed by atoms with Gasteiger partial charge in [-0.3, -0.25) is 0 Å². The van der Waals surface area contributed by atoms with Gasteiger partial charge in [0.25, 0.3) is 0 Å². The Morgan fingerprint density at radius 2 is 1.03 bits per heavy atom. The number of benzene rings is 1. The topological polar surface area (TPSA) is 0 Å². The first-order chi connectivity index (χ1) is 14.6. The molecule has 30 heavy (non-hydrogen) atoms. The van der Waals surface area contributed by atoms with Crippen molar-refractivity contribution in [3.8, 4) is 0 Å². The van der Waals surface area contributed by atoms with Gasteiger partial charge in [-0.05, 0) is 140 Å². The molecule has 8 fully saturated rings. The van der Waals surface area contributed by atoms with Gasteiger partial charge in [0, 0.05) is 0 Å². The predicted molar refractivity (Wildman–Crippen MR) is 129 cm³/mol. The Morgan fingerprint density at radius 1 is 0.667 bits per heavy atom. The molecule has 0 aliphatic heterocycles. The largest absolute Gasteiger partial charge is 0.0985 e. The fraction of sp³-hybridized carbons (Fsp3) is 0.724. The van der Waals surface area contributed by atoms with Crippen LogP contribution in [-0.4, -0.2) is 10.3 Å². The van der Waals surface area contributed by atoms with E-state index in [1.807, 2.05) is 6.08 Å². The van der Waals surface area contributed by atoms with Crippen molar-refractivity contribution in [1.29, 1.82) is 0 Å². The van der Waals surface area contributed by atoms with Crippen molar-refractivity contribution in [3.05, 3.63) is 42.0 Å². The minimum atomic E-state index is 0.0751. The van der Waals surface area contributed by atoms with Gasteiger partial charge in [-0.15, -0.1) is 0 Å². The van der Waals surface area contributed by atoms with Crippen LogP contribution in [-0.2, 0) is 6.16 Å². The third-order valence-corrected chi connectivity index (χ3v) is 14.8. The molecule has 0 nitrogen and oxygen atoms in total. The molecule has 0 aromatic heterocycles. The van der Waals surface area contributed by atoms with Crippen molar-refractivity contribution in [3.63, 3.8) is 0 Å². The van der Waals surface area contributed by atoms with Crippen molar-refractivity contribution in [2.75, 3.05) is 0 Å². The molecule has 1 heteroatoms. The second-order valence-corrected chi connectivity index (χ2v) is 15.9. The summed E-state index contributed by atoms with van der Waals surface area (Å²) >= 11 is 0. The predicted octanol–water partition coefficient (Wildman–Crippen LogP) is 8.25. The summed E-state index contributed by atoms with van der Waals surface area (Å²) in [5, 5.41) is 1.51. The fourth-order valence-corrected chi connectivity index (χ4v) is 15.7. The first kappa shape index (κ1) is 18.9. The van der Waals surface area contributed by atoms with Crippen LogP contribution >= 0.6 is 7.92 Å². The van der Waals surface area contributed by atoms with Gasteiger partial charge in [0.1, 0.15) is 0 Å². The van der Waals surface area contributed by atoms with Crippen LogP contribution in [0.15, 0.2) is 30.8 Å². The van der Waals surface area contributed by atoms with Gasteiger partial charge in [0.2, 0.25) is 0 Å². The van der Waals surface area contributed by atoms with Gasteiger partial charge in [0.15, 0.2) is 0 Å². The third kappa shape index (κ3) is 2.88. The second kappa shape index (κ2) is 6.70. The highest BCUT2D eigenvalue weighted by Crippen LogP contribution is 2.79. The molecule has 160 valence electrons. The maximum Gasteiger partial charge on any atom is -0.00631 e. The van der Waals surface area contributed by atoms with Crippen LogP contribution in [0.25, 0.3) is 6.08 Å². The molecule has 0 heterocycles. The Balaban J connectivity index is 1.29. The van der Waals surface area contributed by atoms with E-state index in [1.165, 1.54) is 11.7 Å². The summed E-state index contributed by atoms with van der Waals surface area (Å²) in [6.45, 7) is 3.98. The van der Waals surface area contributed by atoms with Crippen LogP contribution in [0.4, 0.5) is 0 Å². The molecule has 1 aromatic carbocycles. The maximum absolute atomic E-state index is 3.98. The van der Waals surface area contributed by atoms with Crippen LogP contribution in [0.5, 0.6) is 0 Å². The van der Waals surface area contributed by atoms with Gasteiger partial charge in [-0.1, -0.05) is 44.8 Å². The Labute approximate surface area is 185 Å². The second-order valence-electron chi connectivity index (χ2n) is 12.8. The van der Waals surface area contributed by atoms with E-state index >= 15 is 0 Å². The zero-order valence-corrected chi connectivity index (χ0v) is 19.6. The lowest BCUT2D eigenvalue weighted by atomic mass is 9.55. The highest BCUT2D eigenvalue weighted by atomic mass is 31.1. The minimum absolute atomic E-state index is 0.0751. The molecule has 0 N–H and O–H groups in total. The molecule has 9 rings (SSSR count). The average molecular weight is 419 g/mol. The summed E-state index contributed by atoms with van der Waals surface area (Å²) in [4.78, 5) is 0. The summed E-state index contributed by atoms with van der Waals surface area (Å²) < 4.78 is 0. The van der Waals surface area contributed by atoms with Gasteiger partial charge < -0.3 is 0 Å². The van der Waals surface area contributed by atoms with Crippen LogP contribution in [0.2, 0.25) is 0 Å². The van der Waals surface area contributed by atoms with E-state index in [-0.39, 0.29) is 7.92 Å². The quantitative estimate of drug-likeness (QED) is 0.422. The molecule has 0 spiro atoms. The monoisotopic (exact) mass is 418 g/mol. The van der Waals surface area contributed by atoms with Crippen molar-refractivity contribution in [1.82, 2.24) is 0 Å². The molecule has 1 aromatic rings. The highest BCUT2D eigenvalue weighted by molar-refractivity contribution is 7.60. The first-order valence-electron chi connectivity index (χ1n) is 13.1. The Kier molecular flexibility index (Phi) is 4.22. The minimum Gasteiger partial charge on any atom is -0.0985 e. The molecule has 0 atom stereocenters. The van der Waals surface area contributed by atoms with Crippen molar-refractivity contribution < 1.29 is 0 Å². The summed E-state index contributed by atoms with van der Waals surface area (Å²) in [7, 11) is 0.0751. The van der Waals surface area contributed by atoms with Gasteiger partial charge >= 0.3 is 0 Å². The normalized spacial score (nSPS) is 48.8. The zero-order valence-electron chi connectivity index (χ0n) is 18.7. The van der Waals surface area contributed by atoms with Crippen molar-refractivity contribution in [2.45, 2.75) is 93.5 Å². The third-order valence-electron chi connectivity index (χ3n) is 10.7. The number of hydrogen-bond acceptors (Lipinski definition) is 0. The van der Waals surface area contributed by atoms with Crippen LogP contribution in [0.1, 0.15) is 88.2 Å². The molecule has 0 amide bonds. The molecule has 0 saturated heterocycles. The van der Waals surface area contributed by atoms with E-state index in [0.29, 0.717) is 0 Å².